The van der Waals surface area contributed by atoms with E-state index in [1.165, 1.54) is 89.9 Å². The number of unbranched alkanes of at least 4 members (excludes halogenated alkanes) is 21. The Morgan fingerprint density at radius 2 is 0.929 bits per heavy atom. The van der Waals surface area contributed by atoms with Crippen molar-refractivity contribution in [2.45, 2.75) is 242 Å². The van der Waals surface area contributed by atoms with Gasteiger partial charge >= 0.3 is 27.6 Å². The molecule has 0 radical (unpaired) electrons. The lowest BCUT2D eigenvalue weighted by Gasteiger charge is -2.43. The standard InChI is InChI=1S/C50H92O18P2/c1-3-5-7-9-11-13-15-17-19-20-22-24-26-28-30-32-34-36-44(53)66-42(40-64-43(52)35-33-31-29-27-25-23-21-18-16-14-12-10-8-6-4-2)39-63-37-41(51)38-65-70(61,62)68-50-47(56)45(54)46(55)49(48(50)57)67-69(58,59)60/h11,13,17,19,22,24,41-42,45-51,54-57H,3-10,12,14-16,18,20-21,23,25-40H2,1-2H3,(H,61,62)(H2,58,59,60)/b13-11-,19-17-,24-22-/t41-,42+,45?,46?,47?,48?,49-,50+/m1/s1. The first-order valence-corrected chi connectivity index (χ1v) is 29.2. The van der Waals surface area contributed by atoms with Crippen LogP contribution >= 0.6 is 15.6 Å². The summed E-state index contributed by atoms with van der Waals surface area (Å²) in [7, 11) is -10.6. The van der Waals surface area contributed by atoms with Gasteiger partial charge in [-0.2, -0.15) is 0 Å². The van der Waals surface area contributed by atoms with Crippen LogP contribution in [0.5, 0.6) is 0 Å². The molecular formula is C50H92O18P2. The minimum absolute atomic E-state index is 0.131. The van der Waals surface area contributed by atoms with Gasteiger partial charge in [-0.1, -0.05) is 166 Å². The van der Waals surface area contributed by atoms with Crippen LogP contribution in [-0.2, 0) is 46.5 Å². The Morgan fingerprint density at radius 3 is 1.44 bits per heavy atom. The average molecular weight is 1040 g/mol. The Kier molecular flexibility index (Phi) is 39.2. The second kappa shape index (κ2) is 41.5. The molecule has 1 aliphatic rings. The van der Waals surface area contributed by atoms with Crippen LogP contribution in [0.15, 0.2) is 36.5 Å². The van der Waals surface area contributed by atoms with Gasteiger partial charge in [0.1, 0.15) is 49.3 Å². The number of carbonyl (C=O) groups is 2. The number of phosphoric acid groups is 2. The number of hydrogen-bond donors (Lipinski definition) is 8. The molecule has 20 heteroatoms. The van der Waals surface area contributed by atoms with Crippen molar-refractivity contribution >= 4 is 27.6 Å². The maximum Gasteiger partial charge on any atom is 0.472 e. The maximum atomic E-state index is 12.8. The van der Waals surface area contributed by atoms with E-state index in [9.17, 15) is 49.1 Å². The van der Waals surface area contributed by atoms with Gasteiger partial charge in [0.2, 0.25) is 0 Å². The summed E-state index contributed by atoms with van der Waals surface area (Å²) in [4.78, 5) is 53.9. The minimum atomic E-state index is -5.36. The average Bonchev–Trinajstić information content (AvgIpc) is 3.31. The van der Waals surface area contributed by atoms with Gasteiger partial charge in [-0.05, 0) is 51.4 Å². The molecular weight excluding hydrogens is 950 g/mol. The van der Waals surface area contributed by atoms with Crippen molar-refractivity contribution in [2.75, 3.05) is 26.4 Å². The van der Waals surface area contributed by atoms with Crippen molar-refractivity contribution in [3.05, 3.63) is 36.5 Å². The topological polar surface area (TPSA) is 285 Å². The number of aliphatic hydroxyl groups excluding tert-OH is 5. The molecule has 9 atom stereocenters. The molecule has 0 aromatic heterocycles. The van der Waals surface area contributed by atoms with Gasteiger partial charge < -0.3 is 54.4 Å². The lowest BCUT2D eigenvalue weighted by Crippen LogP contribution is -2.64. The maximum absolute atomic E-state index is 12.8. The van der Waals surface area contributed by atoms with E-state index >= 15 is 0 Å². The lowest BCUT2D eigenvalue weighted by atomic mass is 9.85. The number of allylic oxidation sites excluding steroid dienone is 6. The van der Waals surface area contributed by atoms with Crippen molar-refractivity contribution in [3.63, 3.8) is 0 Å². The largest absolute Gasteiger partial charge is 0.472 e. The second-order valence-corrected chi connectivity index (χ2v) is 21.0. The number of ether oxygens (including phenoxy) is 3. The van der Waals surface area contributed by atoms with Crippen LogP contribution in [0.25, 0.3) is 0 Å². The molecule has 0 spiro atoms. The van der Waals surface area contributed by atoms with Gasteiger partial charge in [-0.25, -0.2) is 9.13 Å². The summed E-state index contributed by atoms with van der Waals surface area (Å²) in [5.41, 5.74) is 0. The molecule has 0 aromatic rings. The highest BCUT2D eigenvalue weighted by molar-refractivity contribution is 7.47. The predicted octanol–water partition coefficient (Wildman–Crippen LogP) is 8.89. The number of aliphatic hydroxyl groups is 5. The molecule has 0 bridgehead atoms. The van der Waals surface area contributed by atoms with E-state index in [-0.39, 0.29) is 26.1 Å². The van der Waals surface area contributed by atoms with Crippen molar-refractivity contribution in [1.82, 2.24) is 0 Å². The SMILES string of the molecule is CCCCC/C=C\C/C=C\C/C=C\CCCCCCC(=O)O[C@@H](COC[C@@H](O)COP(=O)(O)O[C@H]1C(O)C(O)C(O)[C@@H](OP(=O)(O)O)C1O)COC(=O)CCCCCCCCCCCCCCCCC. The van der Waals surface area contributed by atoms with Crippen LogP contribution in [0.1, 0.15) is 194 Å². The van der Waals surface area contributed by atoms with E-state index in [0.29, 0.717) is 12.8 Å². The molecule has 1 fully saturated rings. The molecule has 70 heavy (non-hydrogen) atoms. The summed E-state index contributed by atoms with van der Waals surface area (Å²) in [6, 6.07) is 0. The Bertz CT molecular complexity index is 1510. The molecule has 5 unspecified atom stereocenters. The fourth-order valence-corrected chi connectivity index (χ4v) is 9.32. The molecule has 8 N–H and O–H groups in total. The minimum Gasteiger partial charge on any atom is -0.462 e. The molecule has 0 saturated heterocycles. The molecule has 1 saturated carbocycles. The van der Waals surface area contributed by atoms with Crippen LogP contribution in [0.2, 0.25) is 0 Å². The number of carbonyl (C=O) groups excluding carboxylic acids is 2. The fraction of sp³-hybridized carbons (Fsp3) is 0.840. The van der Waals surface area contributed by atoms with E-state index in [1.807, 2.05) is 0 Å². The summed E-state index contributed by atoms with van der Waals surface area (Å²) in [5.74, 6) is -0.969. The van der Waals surface area contributed by atoms with Gasteiger partial charge in [0.25, 0.3) is 0 Å². The van der Waals surface area contributed by atoms with Crippen molar-refractivity contribution in [2.24, 2.45) is 0 Å². The Labute approximate surface area is 418 Å². The molecule has 410 valence electrons. The lowest BCUT2D eigenvalue weighted by molar-refractivity contribution is -0.216. The summed E-state index contributed by atoms with van der Waals surface area (Å²) < 4.78 is 54.3. The zero-order chi connectivity index (χ0) is 51.9. The zero-order valence-corrected chi connectivity index (χ0v) is 44.1. The fourth-order valence-electron chi connectivity index (χ4n) is 7.77. The van der Waals surface area contributed by atoms with Gasteiger partial charge in [0, 0.05) is 12.8 Å². The van der Waals surface area contributed by atoms with Gasteiger partial charge in [-0.15, -0.1) is 0 Å². The first-order valence-electron chi connectivity index (χ1n) is 26.2. The third kappa shape index (κ3) is 35.3. The monoisotopic (exact) mass is 1040 g/mol. The van der Waals surface area contributed by atoms with Crippen LogP contribution in [0.4, 0.5) is 0 Å². The van der Waals surface area contributed by atoms with Crippen molar-refractivity contribution in [3.8, 4) is 0 Å². The molecule has 0 amide bonds. The molecule has 1 aliphatic carbocycles. The van der Waals surface area contributed by atoms with Crippen LogP contribution in [0.3, 0.4) is 0 Å². The molecule has 0 heterocycles. The summed E-state index contributed by atoms with van der Waals surface area (Å²) in [5, 5.41) is 51.3. The van der Waals surface area contributed by atoms with E-state index in [1.54, 1.807) is 0 Å². The summed E-state index contributed by atoms with van der Waals surface area (Å²) >= 11 is 0. The highest BCUT2D eigenvalue weighted by Crippen LogP contribution is 2.48. The molecule has 18 nitrogen and oxygen atoms in total. The van der Waals surface area contributed by atoms with Crippen LogP contribution in [-0.4, -0.2) is 127 Å². The van der Waals surface area contributed by atoms with Gasteiger partial charge in [-0.3, -0.25) is 23.2 Å². The van der Waals surface area contributed by atoms with E-state index in [0.717, 1.165) is 64.2 Å². The third-order valence-electron chi connectivity index (χ3n) is 11.8. The first-order chi connectivity index (χ1) is 33.5. The number of phosphoric ester groups is 2. The first kappa shape index (κ1) is 66.2. The number of esters is 2. The quantitative estimate of drug-likeness (QED) is 0.0122. The Balaban J connectivity index is 2.56. The van der Waals surface area contributed by atoms with Gasteiger partial charge in [0.15, 0.2) is 6.10 Å². The number of hydrogen-bond acceptors (Lipinski definition) is 15. The molecule has 0 aliphatic heterocycles. The number of rotatable bonds is 45. The van der Waals surface area contributed by atoms with Crippen LogP contribution in [0, 0.1) is 0 Å². The highest BCUT2D eigenvalue weighted by atomic mass is 31.2. The zero-order valence-electron chi connectivity index (χ0n) is 42.3. The Hall–Kier alpha value is -1.86. The summed E-state index contributed by atoms with van der Waals surface area (Å²) in [6.07, 6.45) is 26.3. The van der Waals surface area contributed by atoms with Crippen molar-refractivity contribution in [1.29, 1.82) is 0 Å². The predicted molar refractivity (Wildman–Crippen MR) is 267 cm³/mol. The normalized spacial score (nSPS) is 21.7. The molecule has 0 aromatic carbocycles. The van der Waals surface area contributed by atoms with Gasteiger partial charge in [0.05, 0.1) is 19.8 Å². The Morgan fingerprint density at radius 1 is 0.500 bits per heavy atom. The second-order valence-electron chi connectivity index (χ2n) is 18.4. The van der Waals surface area contributed by atoms with Crippen LogP contribution < -0.4 is 0 Å². The molecule has 1 rings (SSSR count). The third-order valence-corrected chi connectivity index (χ3v) is 13.3. The summed E-state index contributed by atoms with van der Waals surface area (Å²) in [6.45, 7) is 2.38. The highest BCUT2D eigenvalue weighted by Gasteiger charge is 2.54. The van der Waals surface area contributed by atoms with E-state index in [2.05, 4.69) is 54.8 Å². The smallest absolute Gasteiger partial charge is 0.462 e. The van der Waals surface area contributed by atoms with E-state index in [4.69, 9.17) is 33.0 Å². The van der Waals surface area contributed by atoms with Crippen molar-refractivity contribution < 1.29 is 86.7 Å². The van der Waals surface area contributed by atoms with E-state index < -0.39 is 89.6 Å².